The maximum absolute atomic E-state index is 12.2. The van der Waals surface area contributed by atoms with Gasteiger partial charge in [-0.2, -0.15) is 0 Å². The number of hydrogen-bond donors (Lipinski definition) is 6. The number of carboxylic acids is 2. The molecule has 0 fully saturated rings. The molecule has 10 heteroatoms. The summed E-state index contributed by atoms with van der Waals surface area (Å²) in [4.78, 5) is 38.7. The highest BCUT2D eigenvalue weighted by atomic mass is 16.5. The number of hydrogen-bond acceptors (Lipinski definition) is 4. The summed E-state index contributed by atoms with van der Waals surface area (Å²) in [6.45, 7) is 7.57. The summed E-state index contributed by atoms with van der Waals surface area (Å²) < 4.78 is 12.6. The van der Waals surface area contributed by atoms with Crippen molar-refractivity contribution in [2.24, 2.45) is 0 Å². The molecule has 10 rings (SSSR count). The maximum atomic E-state index is 12.2. The molecule has 6 N–H and O–H groups in total. The fourth-order valence-electron chi connectivity index (χ4n) is 10.7. The Hall–Kier alpha value is -7.98. The van der Waals surface area contributed by atoms with Crippen molar-refractivity contribution in [3.63, 3.8) is 0 Å². The molecule has 0 bridgehead atoms. The van der Waals surface area contributed by atoms with Crippen molar-refractivity contribution in [1.29, 1.82) is 0 Å². The highest BCUT2D eigenvalue weighted by Crippen LogP contribution is 2.46. The van der Waals surface area contributed by atoms with Gasteiger partial charge in [-0.25, -0.2) is 9.59 Å². The van der Waals surface area contributed by atoms with Gasteiger partial charge in [0.05, 0.1) is 0 Å². The van der Waals surface area contributed by atoms with Crippen LogP contribution in [0.5, 0.6) is 11.5 Å². The number of fused-ring (bicyclic) bond motifs is 4. The number of ether oxygens (including phenoxy) is 2. The lowest BCUT2D eigenvalue weighted by Gasteiger charge is -2.23. The number of nitrogens with one attached hydrogen (secondary N) is 4. The van der Waals surface area contributed by atoms with E-state index in [0.29, 0.717) is 17.9 Å². The molecular formula is C59H56N4O6. The topological polar surface area (TPSA) is 156 Å². The Morgan fingerprint density at radius 2 is 0.739 bits per heavy atom. The van der Waals surface area contributed by atoms with Crippen LogP contribution in [0.3, 0.4) is 0 Å². The summed E-state index contributed by atoms with van der Waals surface area (Å²) in [5.41, 5.74) is 16.9. The van der Waals surface area contributed by atoms with Crippen molar-refractivity contribution in [3.05, 3.63) is 201 Å². The number of carbonyl (C=O) groups is 2. The number of aliphatic carboxylic acids is 2. The molecule has 10 nitrogen and oxygen atoms in total. The first-order valence-electron chi connectivity index (χ1n) is 24.0. The van der Waals surface area contributed by atoms with Crippen LogP contribution in [0.15, 0.2) is 134 Å². The zero-order chi connectivity index (χ0) is 47.8. The fourth-order valence-corrected chi connectivity index (χ4v) is 10.7. The molecule has 0 aliphatic heterocycles. The Morgan fingerprint density at radius 1 is 0.435 bits per heavy atom. The number of rotatable bonds is 18. The number of aromatic nitrogens is 4. The second kappa shape index (κ2) is 19.0. The van der Waals surface area contributed by atoms with Crippen molar-refractivity contribution in [2.75, 3.05) is 13.2 Å². The largest absolute Gasteiger partial charge is 0.482 e. The Labute approximate surface area is 400 Å². The molecule has 4 heterocycles. The van der Waals surface area contributed by atoms with Crippen LogP contribution in [-0.4, -0.2) is 55.3 Å². The summed E-state index contributed by atoms with van der Waals surface area (Å²) in [6, 6.07) is 37.7. The monoisotopic (exact) mass is 916 g/mol. The Morgan fingerprint density at radius 3 is 1.01 bits per heavy atom. The van der Waals surface area contributed by atoms with Crippen LogP contribution >= 0.6 is 0 Å². The smallest absolute Gasteiger partial charge is 0.341 e. The summed E-state index contributed by atoms with van der Waals surface area (Å²) in [7, 11) is 0. The predicted molar refractivity (Wildman–Crippen MR) is 275 cm³/mol. The molecular weight excluding hydrogens is 861 g/mol. The molecule has 0 amide bonds. The van der Waals surface area contributed by atoms with Crippen LogP contribution in [0, 0.1) is 0 Å². The van der Waals surface area contributed by atoms with Crippen LogP contribution in [0.2, 0.25) is 0 Å². The maximum Gasteiger partial charge on any atom is 0.341 e. The van der Waals surface area contributed by atoms with Gasteiger partial charge in [-0.05, 0) is 99.9 Å². The Kier molecular flexibility index (Phi) is 12.3. The molecule has 0 unspecified atom stereocenters. The minimum absolute atomic E-state index is 0.326. The van der Waals surface area contributed by atoms with E-state index in [-0.39, 0.29) is 11.8 Å². The molecule has 0 saturated carbocycles. The van der Waals surface area contributed by atoms with E-state index >= 15 is 0 Å². The van der Waals surface area contributed by atoms with Gasteiger partial charge in [0.25, 0.3) is 0 Å². The zero-order valence-corrected chi connectivity index (χ0v) is 39.3. The highest BCUT2D eigenvalue weighted by Gasteiger charge is 2.30. The van der Waals surface area contributed by atoms with E-state index in [9.17, 15) is 19.8 Å². The van der Waals surface area contributed by atoms with Crippen LogP contribution in [0.25, 0.3) is 43.6 Å². The number of benzene rings is 6. The third kappa shape index (κ3) is 8.30. The minimum atomic E-state index is -1.07. The van der Waals surface area contributed by atoms with Crippen LogP contribution in [0.4, 0.5) is 0 Å². The number of carboxylic acid groups (broad SMARTS) is 2. The summed E-state index contributed by atoms with van der Waals surface area (Å²) in [6.07, 6.45) is 12.2. The molecule has 0 aliphatic carbocycles. The average Bonchev–Trinajstić information content (AvgIpc) is 4.20. The van der Waals surface area contributed by atoms with Crippen molar-refractivity contribution in [2.45, 2.75) is 71.6 Å². The first kappa shape index (κ1) is 44.8. The van der Waals surface area contributed by atoms with Crippen molar-refractivity contribution in [3.8, 4) is 11.5 Å². The first-order valence-corrected chi connectivity index (χ1v) is 24.0. The molecule has 6 aromatic carbocycles. The lowest BCUT2D eigenvalue weighted by Crippen LogP contribution is -2.13. The van der Waals surface area contributed by atoms with Gasteiger partial charge in [0.1, 0.15) is 11.5 Å². The summed E-state index contributed by atoms with van der Waals surface area (Å²) in [5, 5.41) is 24.3. The van der Waals surface area contributed by atoms with E-state index in [2.05, 4.69) is 169 Å². The Bertz CT molecular complexity index is 3140. The second-order valence-corrected chi connectivity index (χ2v) is 17.9. The molecule has 0 saturated heterocycles. The van der Waals surface area contributed by atoms with Gasteiger partial charge in [0, 0.05) is 91.4 Å². The van der Waals surface area contributed by atoms with E-state index in [1.165, 1.54) is 22.3 Å². The third-order valence-electron chi connectivity index (χ3n) is 14.0. The summed E-state index contributed by atoms with van der Waals surface area (Å²) in [5.74, 6) is -1.86. The lowest BCUT2D eigenvalue weighted by molar-refractivity contribution is -0.140. The number of H-pyrrole nitrogens is 4. The lowest BCUT2D eigenvalue weighted by atomic mass is 9.82. The van der Waals surface area contributed by atoms with E-state index in [4.69, 9.17) is 9.47 Å². The quantitative estimate of drug-likeness (QED) is 0.0503. The second-order valence-electron chi connectivity index (χ2n) is 17.9. The molecule has 0 aliphatic rings. The number of aryl methyl sites for hydroxylation is 4. The van der Waals surface area contributed by atoms with Gasteiger partial charge in [-0.3, -0.25) is 0 Å². The molecule has 0 radical (unpaired) electrons. The number of aromatic amines is 4. The zero-order valence-electron chi connectivity index (χ0n) is 39.3. The SMILES string of the molecule is CCc1cccc2c(C(c3ccc(Cc4ccc(C(c5c[nH]c6c(CC)cccc56)c5c[nH]c6c(CC)cccc56)c(OCC(=O)O)c4)cc3OCC(=O)O)c3c[nH]c4c(CC)cccc34)c[nH]c12. The van der Waals surface area contributed by atoms with Crippen molar-refractivity contribution < 1.29 is 29.3 Å². The van der Waals surface area contributed by atoms with Gasteiger partial charge in [0.15, 0.2) is 13.2 Å². The van der Waals surface area contributed by atoms with Gasteiger partial charge < -0.3 is 39.6 Å². The highest BCUT2D eigenvalue weighted by molar-refractivity contribution is 5.93. The predicted octanol–water partition coefficient (Wildman–Crippen LogP) is 12.7. The summed E-state index contributed by atoms with van der Waals surface area (Å²) >= 11 is 0. The minimum Gasteiger partial charge on any atom is -0.482 e. The van der Waals surface area contributed by atoms with Gasteiger partial charge >= 0.3 is 11.9 Å². The normalized spacial score (nSPS) is 11.8. The molecule has 4 aromatic heterocycles. The van der Waals surface area contributed by atoms with Crippen LogP contribution in [0.1, 0.15) is 106 Å². The van der Waals surface area contributed by atoms with Crippen LogP contribution < -0.4 is 9.47 Å². The number of para-hydroxylation sites is 4. The van der Waals surface area contributed by atoms with Crippen molar-refractivity contribution >= 4 is 55.6 Å². The van der Waals surface area contributed by atoms with E-state index in [1.54, 1.807) is 0 Å². The van der Waals surface area contributed by atoms with E-state index in [0.717, 1.165) is 114 Å². The molecule has 0 spiro atoms. The third-order valence-corrected chi connectivity index (χ3v) is 14.0. The van der Waals surface area contributed by atoms with Gasteiger partial charge in [-0.1, -0.05) is 125 Å². The van der Waals surface area contributed by atoms with E-state index < -0.39 is 25.2 Å². The molecule has 10 aromatic rings. The van der Waals surface area contributed by atoms with Crippen molar-refractivity contribution in [1.82, 2.24) is 19.9 Å². The fraction of sp³-hybridized carbons (Fsp3) is 0.220. The average molecular weight is 917 g/mol. The van der Waals surface area contributed by atoms with Gasteiger partial charge in [-0.15, -0.1) is 0 Å². The molecule has 0 atom stereocenters. The van der Waals surface area contributed by atoms with Crippen LogP contribution in [-0.2, 0) is 41.7 Å². The Balaban J connectivity index is 1.10. The van der Waals surface area contributed by atoms with Gasteiger partial charge in [0.2, 0.25) is 0 Å². The molecule has 69 heavy (non-hydrogen) atoms. The molecule has 348 valence electrons. The standard InChI is InChI=1S/C59H56N4O6/c1-5-36-13-9-17-40-46(28-60-56(36)40)54(47-29-61-57-37(6-2)14-10-18-41(47)57)44-23-21-34(26-50(44)68-32-52(64)65)25-35-22-24-45(51(27-35)69-33-53(66)67)55(48-30-62-58-38(7-3)15-11-19-42(48)58)49-31-63-59-39(8-4)16-12-20-43(49)59/h9-24,26-31,54-55,60-63H,5-8,25,32-33H2,1-4H3,(H,64,65)(H,66,67). The first-order chi connectivity index (χ1) is 33.7. The van der Waals surface area contributed by atoms with E-state index in [1.807, 2.05) is 12.1 Å².